The molecule has 0 radical (unpaired) electrons. The second kappa shape index (κ2) is 6.90. The highest BCUT2D eigenvalue weighted by atomic mass is 79.9. The van der Waals surface area contributed by atoms with Crippen LogP contribution in [0.4, 0.5) is 0 Å². The fourth-order valence-electron chi connectivity index (χ4n) is 2.56. The van der Waals surface area contributed by atoms with E-state index in [1.165, 1.54) is 10.0 Å². The van der Waals surface area contributed by atoms with Gasteiger partial charge in [0.05, 0.1) is 0 Å². The third-order valence-electron chi connectivity index (χ3n) is 3.91. The van der Waals surface area contributed by atoms with Crippen LogP contribution < -0.4 is 5.73 Å². The second-order valence-corrected chi connectivity index (χ2v) is 5.98. The Morgan fingerprint density at radius 3 is 2.67 bits per heavy atom. The first kappa shape index (κ1) is 16.0. The van der Waals surface area contributed by atoms with Crippen LogP contribution in [0.15, 0.2) is 28.7 Å². The van der Waals surface area contributed by atoms with E-state index in [-0.39, 0.29) is 12.4 Å². The third-order valence-corrected chi connectivity index (χ3v) is 4.63. The fraction of sp³-hybridized carbons (Fsp3) is 0.571. The quantitative estimate of drug-likeness (QED) is 0.896. The van der Waals surface area contributed by atoms with Crippen molar-refractivity contribution >= 4 is 28.3 Å². The lowest BCUT2D eigenvalue weighted by atomic mass is 9.92. The van der Waals surface area contributed by atoms with E-state index in [0.29, 0.717) is 18.0 Å². The van der Waals surface area contributed by atoms with Gasteiger partial charge in [-0.15, -0.1) is 12.4 Å². The van der Waals surface area contributed by atoms with Gasteiger partial charge in [-0.1, -0.05) is 41.1 Å². The Bertz CT molecular complexity index is 386. The van der Waals surface area contributed by atoms with Gasteiger partial charge in [-0.3, -0.25) is 4.90 Å². The molecule has 18 heavy (non-hydrogen) atoms. The summed E-state index contributed by atoms with van der Waals surface area (Å²) in [5.41, 5.74) is 7.44. The lowest BCUT2D eigenvalue weighted by molar-refractivity contribution is 0.124. The molecule has 1 fully saturated rings. The predicted octanol–water partition coefficient (Wildman–Crippen LogP) is 3.60. The van der Waals surface area contributed by atoms with E-state index in [1.807, 2.05) is 0 Å². The molecular weight excluding hydrogens is 312 g/mol. The Hall–Kier alpha value is -0.0900. The molecule has 3 atom stereocenters. The van der Waals surface area contributed by atoms with Gasteiger partial charge in [-0.2, -0.15) is 0 Å². The number of nitrogens with two attached hydrogens (primary N) is 1. The fourth-order valence-corrected chi connectivity index (χ4v) is 3.17. The van der Waals surface area contributed by atoms with Crippen molar-refractivity contribution in [2.24, 2.45) is 11.7 Å². The van der Waals surface area contributed by atoms with Gasteiger partial charge in [-0.05, 0) is 30.9 Å². The van der Waals surface area contributed by atoms with E-state index in [1.54, 1.807) is 0 Å². The van der Waals surface area contributed by atoms with E-state index in [9.17, 15) is 0 Å². The molecule has 1 saturated heterocycles. The summed E-state index contributed by atoms with van der Waals surface area (Å²) in [6, 6.07) is 9.32. The highest BCUT2D eigenvalue weighted by Crippen LogP contribution is 2.30. The molecule has 1 aliphatic rings. The van der Waals surface area contributed by atoms with Crippen LogP contribution in [0.25, 0.3) is 0 Å². The Labute approximate surface area is 124 Å². The highest BCUT2D eigenvalue weighted by molar-refractivity contribution is 9.10. The van der Waals surface area contributed by atoms with E-state index < -0.39 is 0 Å². The zero-order valence-electron chi connectivity index (χ0n) is 11.0. The molecule has 0 aromatic heterocycles. The minimum absolute atomic E-state index is 0. The first-order valence-electron chi connectivity index (χ1n) is 6.33. The first-order valence-corrected chi connectivity index (χ1v) is 7.13. The van der Waals surface area contributed by atoms with Gasteiger partial charge in [-0.25, -0.2) is 0 Å². The molecule has 2 N–H and O–H groups in total. The maximum absolute atomic E-state index is 6.07. The average molecular weight is 334 g/mol. The van der Waals surface area contributed by atoms with Crippen LogP contribution >= 0.6 is 28.3 Å². The van der Waals surface area contributed by atoms with Crippen molar-refractivity contribution in [3.05, 3.63) is 34.3 Å². The maximum atomic E-state index is 6.07. The summed E-state index contributed by atoms with van der Waals surface area (Å²) in [5.74, 6) is 0.591. The van der Waals surface area contributed by atoms with Gasteiger partial charge in [0.1, 0.15) is 0 Å². The van der Waals surface area contributed by atoms with Crippen LogP contribution in [0.5, 0.6) is 0 Å². The maximum Gasteiger partial charge on any atom is 0.0331 e. The van der Waals surface area contributed by atoms with Gasteiger partial charge in [0.25, 0.3) is 0 Å². The SMILES string of the molecule is CC1CN(C(C)c2ccccc2Br)CCC1N.Cl. The number of piperidine rings is 1. The lowest BCUT2D eigenvalue weighted by Crippen LogP contribution is -2.46. The standard InChI is InChI=1S/C14H21BrN2.ClH/c1-10-9-17(8-7-14(10)16)11(2)12-5-3-4-6-13(12)15;/h3-6,10-11,14H,7-9,16H2,1-2H3;1H. The third kappa shape index (κ3) is 3.47. The summed E-state index contributed by atoms with van der Waals surface area (Å²) >= 11 is 3.64. The monoisotopic (exact) mass is 332 g/mol. The topological polar surface area (TPSA) is 29.3 Å². The van der Waals surface area contributed by atoms with Gasteiger partial charge in [0, 0.05) is 29.6 Å². The molecule has 1 heterocycles. The van der Waals surface area contributed by atoms with E-state index in [2.05, 4.69) is 58.9 Å². The molecule has 1 aromatic carbocycles. The summed E-state index contributed by atoms with van der Waals surface area (Å²) in [7, 11) is 0. The number of rotatable bonds is 2. The molecule has 1 aromatic rings. The summed E-state index contributed by atoms with van der Waals surface area (Å²) in [4.78, 5) is 2.54. The molecule has 2 nitrogen and oxygen atoms in total. The van der Waals surface area contributed by atoms with Gasteiger partial charge in [0.15, 0.2) is 0 Å². The molecular formula is C14H22BrClN2. The molecule has 1 aliphatic heterocycles. The predicted molar refractivity (Wildman–Crippen MR) is 83.1 cm³/mol. The summed E-state index contributed by atoms with van der Waals surface area (Å²) < 4.78 is 1.20. The number of halogens is 2. The van der Waals surface area contributed by atoms with E-state index in [4.69, 9.17) is 5.73 Å². The van der Waals surface area contributed by atoms with Gasteiger partial charge in [0.2, 0.25) is 0 Å². The molecule has 0 spiro atoms. The number of benzene rings is 1. The van der Waals surface area contributed by atoms with Crippen LogP contribution in [0.1, 0.15) is 31.9 Å². The molecule has 3 unspecified atom stereocenters. The Balaban J connectivity index is 0.00000162. The van der Waals surface area contributed by atoms with Crippen LogP contribution in [-0.2, 0) is 0 Å². The van der Waals surface area contributed by atoms with Gasteiger partial charge >= 0.3 is 0 Å². The van der Waals surface area contributed by atoms with E-state index in [0.717, 1.165) is 19.5 Å². The van der Waals surface area contributed by atoms with Crippen LogP contribution in [0.3, 0.4) is 0 Å². The molecule has 0 saturated carbocycles. The molecule has 102 valence electrons. The zero-order valence-corrected chi connectivity index (χ0v) is 13.4. The number of hydrogen-bond acceptors (Lipinski definition) is 2. The molecule has 2 rings (SSSR count). The molecule has 0 aliphatic carbocycles. The smallest absolute Gasteiger partial charge is 0.0331 e. The Kier molecular flexibility index (Phi) is 6.12. The van der Waals surface area contributed by atoms with Crippen LogP contribution in [-0.4, -0.2) is 24.0 Å². The Morgan fingerprint density at radius 2 is 2.06 bits per heavy atom. The van der Waals surface area contributed by atoms with Crippen molar-refractivity contribution in [2.45, 2.75) is 32.4 Å². The lowest BCUT2D eigenvalue weighted by Gasteiger charge is -2.39. The van der Waals surface area contributed by atoms with Crippen molar-refractivity contribution in [1.29, 1.82) is 0 Å². The summed E-state index contributed by atoms with van der Waals surface area (Å²) in [6.45, 7) is 6.74. The minimum Gasteiger partial charge on any atom is -0.327 e. The van der Waals surface area contributed by atoms with E-state index >= 15 is 0 Å². The van der Waals surface area contributed by atoms with Crippen molar-refractivity contribution < 1.29 is 0 Å². The minimum atomic E-state index is 0. The normalized spacial score (nSPS) is 26.4. The number of likely N-dealkylation sites (tertiary alicyclic amines) is 1. The number of nitrogens with zero attached hydrogens (tertiary/aromatic N) is 1. The van der Waals surface area contributed by atoms with Gasteiger partial charge < -0.3 is 5.73 Å². The summed E-state index contributed by atoms with van der Waals surface area (Å²) in [6.07, 6.45) is 1.11. The van der Waals surface area contributed by atoms with Crippen molar-refractivity contribution in [1.82, 2.24) is 4.90 Å². The highest BCUT2D eigenvalue weighted by Gasteiger charge is 2.27. The number of hydrogen-bond donors (Lipinski definition) is 1. The van der Waals surface area contributed by atoms with Crippen LogP contribution in [0.2, 0.25) is 0 Å². The summed E-state index contributed by atoms with van der Waals surface area (Å²) in [5, 5.41) is 0. The second-order valence-electron chi connectivity index (χ2n) is 5.12. The molecule has 4 heteroatoms. The van der Waals surface area contributed by atoms with Crippen molar-refractivity contribution in [3.63, 3.8) is 0 Å². The largest absolute Gasteiger partial charge is 0.327 e. The zero-order chi connectivity index (χ0) is 12.4. The molecule has 0 amide bonds. The van der Waals surface area contributed by atoms with Crippen molar-refractivity contribution in [2.75, 3.05) is 13.1 Å². The molecule has 0 bridgehead atoms. The first-order chi connectivity index (χ1) is 8.09. The Morgan fingerprint density at radius 1 is 1.39 bits per heavy atom. The average Bonchev–Trinajstić information content (AvgIpc) is 2.32. The van der Waals surface area contributed by atoms with Crippen LogP contribution in [0, 0.1) is 5.92 Å². The van der Waals surface area contributed by atoms with Crippen molar-refractivity contribution in [3.8, 4) is 0 Å².